The van der Waals surface area contributed by atoms with Crippen molar-refractivity contribution in [2.24, 2.45) is 0 Å². The molecule has 1 aromatic rings. The van der Waals surface area contributed by atoms with Crippen LogP contribution in [0.2, 0.25) is 0 Å². The summed E-state index contributed by atoms with van der Waals surface area (Å²) in [4.78, 5) is 18.5. The summed E-state index contributed by atoms with van der Waals surface area (Å²) in [6.07, 6.45) is 1.96. The Bertz CT molecular complexity index is 356. The highest BCUT2D eigenvalue weighted by Crippen LogP contribution is 2.18. The van der Waals surface area contributed by atoms with Gasteiger partial charge >= 0.3 is 0 Å². The molecule has 1 aromatic heterocycles. The van der Waals surface area contributed by atoms with E-state index in [1.165, 1.54) is 6.07 Å². The number of aromatic amines is 1. The first kappa shape index (κ1) is 11.9. The maximum Gasteiger partial charge on any atom is 0.251 e. The second-order valence-corrected chi connectivity index (χ2v) is 3.57. The Kier molecular flexibility index (Phi) is 4.49. The van der Waals surface area contributed by atoms with Crippen molar-refractivity contribution in [3.63, 3.8) is 0 Å². The highest BCUT2D eigenvalue weighted by Gasteiger charge is 2.10. The zero-order valence-electron chi connectivity index (χ0n) is 9.54. The quantitative estimate of drug-likeness (QED) is 0.806. The molecule has 0 saturated carbocycles. The highest BCUT2D eigenvalue weighted by atomic mass is 16.5. The lowest BCUT2D eigenvalue weighted by atomic mass is 10.0. The maximum atomic E-state index is 11.4. The molecule has 0 aliphatic carbocycles. The van der Waals surface area contributed by atoms with Crippen molar-refractivity contribution in [3.05, 3.63) is 27.9 Å². The van der Waals surface area contributed by atoms with Gasteiger partial charge in [-0.05, 0) is 12.8 Å². The van der Waals surface area contributed by atoms with Gasteiger partial charge in [0.1, 0.15) is 5.82 Å². The summed E-state index contributed by atoms with van der Waals surface area (Å²) in [5.74, 6) is 1.11. The van der Waals surface area contributed by atoms with E-state index in [0.29, 0.717) is 18.2 Å². The molecule has 1 N–H and O–H groups in total. The number of nitrogens with zero attached hydrogens (tertiary/aromatic N) is 1. The number of methoxy groups -OCH3 is 1. The number of hydrogen-bond acceptors (Lipinski definition) is 3. The zero-order valence-corrected chi connectivity index (χ0v) is 9.54. The molecule has 0 radical (unpaired) electrons. The third-order valence-electron chi connectivity index (χ3n) is 2.48. The Morgan fingerprint density at radius 3 is 2.67 bits per heavy atom. The standard InChI is InChI=1S/C11H18N2O2/c1-4-8(5-2)11-12-9(7-15-3)6-10(14)13-11/h6,8H,4-5,7H2,1-3H3,(H,12,13,14). The normalized spacial score (nSPS) is 10.9. The zero-order chi connectivity index (χ0) is 11.3. The van der Waals surface area contributed by atoms with Crippen LogP contribution in [0, 0.1) is 0 Å². The van der Waals surface area contributed by atoms with Gasteiger partial charge in [0.15, 0.2) is 0 Å². The predicted octanol–water partition coefficient (Wildman–Crippen LogP) is 1.82. The van der Waals surface area contributed by atoms with E-state index in [0.717, 1.165) is 18.7 Å². The van der Waals surface area contributed by atoms with Crippen LogP contribution in [0.15, 0.2) is 10.9 Å². The number of H-pyrrole nitrogens is 1. The average Bonchev–Trinajstić information content (AvgIpc) is 2.19. The number of ether oxygens (including phenoxy) is 1. The van der Waals surface area contributed by atoms with Crippen molar-refractivity contribution < 1.29 is 4.74 Å². The molecule has 1 heterocycles. The van der Waals surface area contributed by atoms with Crippen molar-refractivity contribution in [1.29, 1.82) is 0 Å². The minimum absolute atomic E-state index is 0.0982. The first-order valence-electron chi connectivity index (χ1n) is 5.30. The molecule has 4 nitrogen and oxygen atoms in total. The number of rotatable bonds is 5. The molecule has 0 aromatic carbocycles. The minimum atomic E-state index is -0.0982. The topological polar surface area (TPSA) is 55.0 Å². The third-order valence-corrected chi connectivity index (χ3v) is 2.48. The largest absolute Gasteiger partial charge is 0.378 e. The van der Waals surface area contributed by atoms with Crippen LogP contribution in [0.3, 0.4) is 0 Å². The fraction of sp³-hybridized carbons (Fsp3) is 0.636. The van der Waals surface area contributed by atoms with E-state index in [4.69, 9.17) is 4.74 Å². The van der Waals surface area contributed by atoms with Crippen molar-refractivity contribution in [1.82, 2.24) is 9.97 Å². The van der Waals surface area contributed by atoms with Gasteiger partial charge in [-0.1, -0.05) is 13.8 Å². The fourth-order valence-electron chi connectivity index (χ4n) is 1.62. The van der Waals surface area contributed by atoms with E-state index in [9.17, 15) is 4.79 Å². The summed E-state index contributed by atoms with van der Waals surface area (Å²) >= 11 is 0. The van der Waals surface area contributed by atoms with Gasteiger partial charge in [-0.25, -0.2) is 4.98 Å². The molecular weight excluding hydrogens is 192 g/mol. The smallest absolute Gasteiger partial charge is 0.251 e. The lowest BCUT2D eigenvalue weighted by Gasteiger charge is -2.11. The summed E-state index contributed by atoms with van der Waals surface area (Å²) in [6, 6.07) is 1.48. The van der Waals surface area contributed by atoms with Crippen LogP contribution >= 0.6 is 0 Å². The molecule has 1 rings (SSSR count). The van der Waals surface area contributed by atoms with Crippen molar-refractivity contribution in [2.75, 3.05) is 7.11 Å². The van der Waals surface area contributed by atoms with Gasteiger partial charge in [-0.2, -0.15) is 0 Å². The Morgan fingerprint density at radius 2 is 2.13 bits per heavy atom. The Labute approximate surface area is 89.7 Å². The van der Waals surface area contributed by atoms with E-state index in [1.807, 2.05) is 0 Å². The molecule has 0 saturated heterocycles. The first-order chi connectivity index (χ1) is 7.21. The van der Waals surface area contributed by atoms with Crippen LogP contribution in [0.5, 0.6) is 0 Å². The molecule has 0 atom stereocenters. The summed E-state index contributed by atoms with van der Waals surface area (Å²) in [5.41, 5.74) is 0.599. The Balaban J connectivity index is 3.02. The predicted molar refractivity (Wildman–Crippen MR) is 58.9 cm³/mol. The molecule has 0 amide bonds. The van der Waals surface area contributed by atoms with Gasteiger partial charge in [0, 0.05) is 19.1 Å². The van der Waals surface area contributed by atoms with Gasteiger partial charge in [0.25, 0.3) is 5.56 Å². The second kappa shape index (κ2) is 5.66. The Morgan fingerprint density at radius 1 is 1.47 bits per heavy atom. The van der Waals surface area contributed by atoms with E-state index in [-0.39, 0.29) is 5.56 Å². The molecule has 84 valence electrons. The van der Waals surface area contributed by atoms with E-state index < -0.39 is 0 Å². The Hall–Kier alpha value is -1.16. The third kappa shape index (κ3) is 3.16. The molecule has 0 bridgehead atoms. The summed E-state index contributed by atoms with van der Waals surface area (Å²) in [6.45, 7) is 4.57. The lowest BCUT2D eigenvalue weighted by molar-refractivity contribution is 0.181. The molecular formula is C11H18N2O2. The number of hydrogen-bond donors (Lipinski definition) is 1. The molecule has 15 heavy (non-hydrogen) atoms. The van der Waals surface area contributed by atoms with Crippen LogP contribution in [0.1, 0.15) is 44.1 Å². The molecule has 0 fully saturated rings. The summed E-state index contributed by atoms with van der Waals surface area (Å²) in [7, 11) is 1.60. The van der Waals surface area contributed by atoms with Gasteiger partial charge in [0.2, 0.25) is 0 Å². The van der Waals surface area contributed by atoms with E-state index >= 15 is 0 Å². The summed E-state index contributed by atoms with van der Waals surface area (Å²) in [5, 5.41) is 0. The highest BCUT2D eigenvalue weighted by molar-refractivity contribution is 5.05. The number of aromatic nitrogens is 2. The van der Waals surface area contributed by atoms with Crippen molar-refractivity contribution in [2.45, 2.75) is 39.2 Å². The monoisotopic (exact) mass is 210 g/mol. The van der Waals surface area contributed by atoms with Crippen molar-refractivity contribution in [3.8, 4) is 0 Å². The van der Waals surface area contributed by atoms with Crippen LogP contribution in [0.25, 0.3) is 0 Å². The van der Waals surface area contributed by atoms with Gasteiger partial charge in [0.05, 0.1) is 12.3 Å². The molecule has 4 heteroatoms. The SMILES string of the molecule is CCC(CC)c1nc(COC)cc(=O)[nH]1. The molecule has 0 unspecified atom stereocenters. The van der Waals surface area contributed by atoms with E-state index in [1.54, 1.807) is 7.11 Å². The van der Waals surface area contributed by atoms with Gasteiger partial charge < -0.3 is 9.72 Å². The van der Waals surface area contributed by atoms with Crippen LogP contribution < -0.4 is 5.56 Å². The maximum absolute atomic E-state index is 11.4. The average molecular weight is 210 g/mol. The lowest BCUT2D eigenvalue weighted by Crippen LogP contribution is -2.15. The molecule has 0 aliphatic heterocycles. The van der Waals surface area contributed by atoms with Crippen LogP contribution in [-0.2, 0) is 11.3 Å². The number of nitrogens with one attached hydrogen (secondary N) is 1. The van der Waals surface area contributed by atoms with Crippen LogP contribution in [0.4, 0.5) is 0 Å². The van der Waals surface area contributed by atoms with Gasteiger partial charge in [-0.3, -0.25) is 4.79 Å². The van der Waals surface area contributed by atoms with Crippen LogP contribution in [-0.4, -0.2) is 17.1 Å². The van der Waals surface area contributed by atoms with Crippen molar-refractivity contribution >= 4 is 0 Å². The van der Waals surface area contributed by atoms with Gasteiger partial charge in [-0.15, -0.1) is 0 Å². The molecule has 0 aliphatic rings. The molecule has 0 spiro atoms. The summed E-state index contributed by atoms with van der Waals surface area (Å²) < 4.78 is 4.97. The first-order valence-corrected chi connectivity index (χ1v) is 5.30. The fourth-order valence-corrected chi connectivity index (χ4v) is 1.62. The minimum Gasteiger partial charge on any atom is -0.378 e. The van der Waals surface area contributed by atoms with E-state index in [2.05, 4.69) is 23.8 Å². The second-order valence-electron chi connectivity index (χ2n) is 3.57.